The number of unbranched alkanes of at least 4 members (excludes halogenated alkanes) is 15. The fourth-order valence-electron chi connectivity index (χ4n) is 12.7. The Bertz CT molecular complexity index is 2960. The number of carbonyl (C=O) groups excluding carboxylic acids is 9. The largest absolute Gasteiger partial charge is 0.391 e. The maximum Gasteiger partial charge on any atom is 0.246 e. The molecule has 558 valence electrons. The topological polar surface area (TPSA) is 405 Å². The Morgan fingerprint density at radius 3 is 1.96 bits per heavy atom. The van der Waals surface area contributed by atoms with Crippen molar-refractivity contribution in [1.29, 1.82) is 5.41 Å². The number of aromatic nitrogens is 1. The van der Waals surface area contributed by atoms with Crippen molar-refractivity contribution < 1.29 is 62.5 Å². The van der Waals surface area contributed by atoms with E-state index >= 15 is 4.79 Å². The monoisotopic (exact) mass is 1400 g/mol. The minimum Gasteiger partial charge on any atom is -0.391 e. The van der Waals surface area contributed by atoms with Crippen molar-refractivity contribution in [2.75, 3.05) is 59.7 Å². The molecule has 2 aliphatic rings. The van der Waals surface area contributed by atoms with Crippen LogP contribution in [0.15, 0.2) is 60.8 Å². The molecule has 1 aromatic heterocycles. The molecule has 0 spiro atoms. The molecule has 2 aliphatic heterocycles. The van der Waals surface area contributed by atoms with E-state index in [-0.39, 0.29) is 103 Å². The van der Waals surface area contributed by atoms with E-state index in [9.17, 15) is 43.5 Å². The Kier molecular flexibility index (Phi) is 40.0. The van der Waals surface area contributed by atoms with Crippen LogP contribution in [0.5, 0.6) is 0 Å². The highest BCUT2D eigenvalue weighted by Crippen LogP contribution is 2.24. The molecule has 0 aliphatic carbocycles. The molecule has 0 saturated carbocycles. The normalized spacial score (nSPS) is 21.2. The van der Waals surface area contributed by atoms with Crippen LogP contribution in [0.1, 0.15) is 198 Å². The Hall–Kier alpha value is -7.72. The number of nitrogens with two attached hydrogens (primary N) is 2. The minimum atomic E-state index is -1.40. The highest BCUT2D eigenvalue weighted by molar-refractivity contribution is 5.98. The zero-order chi connectivity index (χ0) is 72.3. The maximum absolute atomic E-state index is 15.1. The molecule has 2 aromatic carbocycles. The van der Waals surface area contributed by atoms with Crippen molar-refractivity contribution in [2.45, 2.75) is 255 Å². The average molecular weight is 1400 g/mol. The van der Waals surface area contributed by atoms with E-state index in [1.165, 1.54) is 89.1 Å². The lowest BCUT2D eigenvalue weighted by atomic mass is 10.0. The number of carbonyl (C=O) groups is 9. The number of guanidine groups is 1. The quantitative estimate of drug-likeness (QED) is 0.0208. The maximum atomic E-state index is 15.1. The van der Waals surface area contributed by atoms with E-state index in [4.69, 9.17) is 31.1 Å². The molecule has 5 rings (SSSR count). The smallest absolute Gasteiger partial charge is 0.246 e. The molecule has 9 amide bonds. The average Bonchev–Trinajstić information content (AvgIpc) is 1.68. The number of methoxy groups -OCH3 is 1. The molecule has 3 aromatic rings. The molecule has 0 bridgehead atoms. The van der Waals surface area contributed by atoms with Gasteiger partial charge in [-0.25, -0.2) is 0 Å². The number of rotatable bonds is 40. The summed E-state index contributed by atoms with van der Waals surface area (Å²) >= 11 is 0. The van der Waals surface area contributed by atoms with Crippen molar-refractivity contribution in [1.82, 2.24) is 57.7 Å². The number of amides is 9. The number of H-pyrrole nitrogens is 1. The van der Waals surface area contributed by atoms with Gasteiger partial charge in [0.15, 0.2) is 5.96 Å². The van der Waals surface area contributed by atoms with Gasteiger partial charge in [-0.3, -0.25) is 53.9 Å². The van der Waals surface area contributed by atoms with E-state index in [0.29, 0.717) is 56.3 Å². The third kappa shape index (κ3) is 31.9. The van der Waals surface area contributed by atoms with Crippen LogP contribution in [0, 0.1) is 5.41 Å². The van der Waals surface area contributed by atoms with Gasteiger partial charge in [0.05, 0.1) is 25.9 Å². The lowest BCUT2D eigenvalue weighted by Crippen LogP contribution is -2.60. The first-order valence-electron chi connectivity index (χ1n) is 36.8. The van der Waals surface area contributed by atoms with Gasteiger partial charge in [-0.05, 0) is 81.5 Å². The number of aliphatic hydroxyl groups is 1. The Morgan fingerprint density at radius 1 is 0.660 bits per heavy atom. The number of benzene rings is 2. The first kappa shape index (κ1) is 82.9. The van der Waals surface area contributed by atoms with Crippen LogP contribution in [0.3, 0.4) is 0 Å². The number of nitrogens with one attached hydrogen (secondary N) is 11. The number of hydrogen-bond donors (Lipinski definition) is 14. The summed E-state index contributed by atoms with van der Waals surface area (Å²) in [6.45, 7) is 4.73. The Labute approximate surface area is 591 Å². The zero-order valence-electron chi connectivity index (χ0n) is 59.6. The summed E-state index contributed by atoms with van der Waals surface area (Å²) in [5.41, 5.74) is 13.6. The number of fused-ring (bicyclic) bond motifs is 2. The highest BCUT2D eigenvalue weighted by atomic mass is 16.5. The molecular formula is C73H118N14O13. The van der Waals surface area contributed by atoms with Crippen molar-refractivity contribution in [3.8, 4) is 0 Å². The van der Waals surface area contributed by atoms with E-state index in [1.54, 1.807) is 36.5 Å². The molecule has 100 heavy (non-hydrogen) atoms. The molecule has 2 unspecified atom stereocenters. The molecule has 3 heterocycles. The van der Waals surface area contributed by atoms with E-state index in [2.05, 4.69) is 59.8 Å². The summed E-state index contributed by atoms with van der Waals surface area (Å²) in [5, 5.41) is 45.5. The second-order valence-corrected chi connectivity index (χ2v) is 26.6. The fraction of sp³-hybridized carbons (Fsp3) is 0.671. The third-order valence-electron chi connectivity index (χ3n) is 18.4. The molecule has 9 atom stereocenters. The van der Waals surface area contributed by atoms with E-state index < -0.39 is 108 Å². The number of hydrogen-bond acceptors (Lipinski definition) is 15. The zero-order valence-corrected chi connectivity index (χ0v) is 59.6. The lowest BCUT2D eigenvalue weighted by molar-refractivity contribution is -0.143. The molecule has 27 nitrogen and oxygen atoms in total. The van der Waals surface area contributed by atoms with Crippen LogP contribution in [0.25, 0.3) is 10.9 Å². The van der Waals surface area contributed by atoms with Crippen molar-refractivity contribution in [2.24, 2.45) is 11.5 Å². The van der Waals surface area contributed by atoms with Gasteiger partial charge in [-0.2, -0.15) is 0 Å². The molecule has 2 fully saturated rings. The van der Waals surface area contributed by atoms with Crippen LogP contribution in [0.4, 0.5) is 0 Å². The SMILES string of the molecule is CCCCCCCCCCCCCCCCCC(=O)NCCOCCOCC(=O)N[C@@H](CCCC)C(=O)N[C@H]1CCC(OC)NCCCCC(C(N)=O)NC(=O)[C@H](Cc2c[nH]c3ccccc23)NC(=O)[C@H](CCCNC(=N)N)NC(=O)[C@@H](Cc2ccccc2)NC(=O)[C@@H]2C[C@@H](O)CN2C1=O. The van der Waals surface area contributed by atoms with Gasteiger partial charge in [0.2, 0.25) is 53.2 Å². The summed E-state index contributed by atoms with van der Waals surface area (Å²) < 4.78 is 17.1. The highest BCUT2D eigenvalue weighted by Gasteiger charge is 2.43. The third-order valence-corrected chi connectivity index (χ3v) is 18.4. The van der Waals surface area contributed by atoms with Crippen LogP contribution in [-0.4, -0.2) is 188 Å². The fourth-order valence-corrected chi connectivity index (χ4v) is 12.7. The van der Waals surface area contributed by atoms with Gasteiger partial charge in [-0.15, -0.1) is 0 Å². The summed E-state index contributed by atoms with van der Waals surface area (Å²) in [6.07, 6.45) is 21.3. The molecule has 2 saturated heterocycles. The van der Waals surface area contributed by atoms with Crippen molar-refractivity contribution >= 4 is 70.0 Å². The number of nitrogens with zero attached hydrogens (tertiary/aromatic N) is 1. The number of primary amides is 1. The van der Waals surface area contributed by atoms with Crippen LogP contribution >= 0.6 is 0 Å². The van der Waals surface area contributed by atoms with Gasteiger partial charge in [0.1, 0.15) is 55.1 Å². The minimum absolute atomic E-state index is 0.0155. The lowest BCUT2D eigenvalue weighted by Gasteiger charge is -2.31. The number of aliphatic hydroxyl groups excluding tert-OH is 1. The Morgan fingerprint density at radius 2 is 1.28 bits per heavy atom. The van der Waals surface area contributed by atoms with Crippen LogP contribution < -0.4 is 59.3 Å². The number of ether oxygens (including phenoxy) is 3. The first-order chi connectivity index (χ1) is 48.4. The van der Waals surface area contributed by atoms with E-state index in [1.807, 2.05) is 31.2 Å². The van der Waals surface area contributed by atoms with Crippen LogP contribution in [-0.2, 0) is 70.2 Å². The van der Waals surface area contributed by atoms with Gasteiger partial charge in [0, 0.05) is 69.5 Å². The summed E-state index contributed by atoms with van der Waals surface area (Å²) in [5.74, 6) is -6.27. The van der Waals surface area contributed by atoms with E-state index in [0.717, 1.165) is 30.2 Å². The van der Waals surface area contributed by atoms with Gasteiger partial charge in [-0.1, -0.05) is 165 Å². The molecule has 0 radical (unpaired) electrons. The van der Waals surface area contributed by atoms with Gasteiger partial charge >= 0.3 is 0 Å². The Balaban J connectivity index is 1.25. The number of aromatic amines is 1. The summed E-state index contributed by atoms with van der Waals surface area (Å²) in [4.78, 5) is 132. The molecular weight excluding hydrogens is 1280 g/mol. The van der Waals surface area contributed by atoms with Crippen molar-refractivity contribution in [3.05, 3.63) is 71.9 Å². The van der Waals surface area contributed by atoms with Gasteiger partial charge < -0.3 is 83.2 Å². The number of para-hydroxylation sites is 1. The predicted molar refractivity (Wildman–Crippen MR) is 384 cm³/mol. The first-order valence-corrected chi connectivity index (χ1v) is 36.8. The molecule has 16 N–H and O–H groups in total. The summed E-state index contributed by atoms with van der Waals surface area (Å²) in [7, 11) is 1.46. The van der Waals surface area contributed by atoms with Crippen LogP contribution in [0.2, 0.25) is 0 Å². The predicted octanol–water partition coefficient (Wildman–Crippen LogP) is 4.70. The summed E-state index contributed by atoms with van der Waals surface area (Å²) in [6, 6.07) is 7.11. The second-order valence-electron chi connectivity index (χ2n) is 26.6. The van der Waals surface area contributed by atoms with Gasteiger partial charge in [0.25, 0.3) is 0 Å². The van der Waals surface area contributed by atoms with Crippen molar-refractivity contribution in [3.63, 3.8) is 0 Å². The second kappa shape index (κ2) is 48.2. The standard InChI is InChI=1S/C73H118N14O13/c1-4-6-8-9-10-11-12-13-14-15-16-17-18-19-23-36-63(89)77-41-42-99-43-44-100-50-64(90)81-57(32-7-5-2)67(92)84-59-37-38-65(98-3)78-39-27-26-34-56(66(74)91)82-70(95)61(46-52-48-80-55-33-25-24-31-54(52)55)85-68(93)58(35-28-40-79-73(75)76)83-69(94)60(45-51-29-21-20-22-30-51)86-71(96)62-47-53(88)49-87(62)72(59)97/h20-22,24-25,29-31,33,48,53,56-62,65,78,80,88H,4-19,23,26-28,32,34-47,49-50H2,1-3H3,(H2,74,91)(H,77,89)(H,81,90)(H,82,95)(H,83,94)(H,84,92)(H,85,93)(H,86,96)(H4,75,76,79)/t53-,56?,57+,58+,59+,60-,61+,62+,65?/m1/s1. The molecule has 27 heteroatoms.